The minimum Gasteiger partial charge on any atom is -0.458 e. The first-order valence-corrected chi connectivity index (χ1v) is 7.39. The summed E-state index contributed by atoms with van der Waals surface area (Å²) in [5, 5.41) is 25.6. The van der Waals surface area contributed by atoms with Crippen molar-refractivity contribution >= 4 is 23.3 Å². The minimum atomic E-state index is -0.721. The maximum Gasteiger partial charge on any atom is 0.301 e. The zero-order chi connectivity index (χ0) is 18.2. The third-order valence-corrected chi connectivity index (χ3v) is 3.04. The molecule has 0 aliphatic rings. The largest absolute Gasteiger partial charge is 0.458 e. The van der Waals surface area contributed by atoms with Gasteiger partial charge in [-0.05, 0) is 24.6 Å². The summed E-state index contributed by atoms with van der Waals surface area (Å²) in [6, 6.07) is 6.67. The van der Waals surface area contributed by atoms with Crippen LogP contribution in [0.25, 0.3) is 0 Å². The zero-order valence-electron chi connectivity index (χ0n) is 13.4. The number of hydrogen-bond donors (Lipinski definition) is 1. The molecular weight excluding hydrogens is 332 g/mol. The highest BCUT2D eigenvalue weighted by Gasteiger charge is 2.19. The average molecular weight is 348 g/mol. The average Bonchev–Trinajstić information content (AvgIpc) is 3.02. The van der Waals surface area contributed by atoms with Crippen LogP contribution in [-0.2, 0) is 11.3 Å². The van der Waals surface area contributed by atoms with Crippen molar-refractivity contribution in [3.63, 3.8) is 0 Å². The van der Waals surface area contributed by atoms with E-state index in [1.165, 1.54) is 12.3 Å². The summed E-state index contributed by atoms with van der Waals surface area (Å²) in [4.78, 5) is 20.3. The van der Waals surface area contributed by atoms with Gasteiger partial charge in [-0.2, -0.15) is 5.10 Å². The van der Waals surface area contributed by atoms with Crippen LogP contribution in [-0.4, -0.2) is 22.7 Å². The van der Waals surface area contributed by atoms with Crippen molar-refractivity contribution in [2.24, 2.45) is 5.10 Å². The Morgan fingerprint density at radius 1 is 1.24 bits per heavy atom. The summed E-state index contributed by atoms with van der Waals surface area (Å²) in [7, 11) is 0. The predicted octanol–water partition coefficient (Wildman–Crippen LogP) is 3.47. The van der Waals surface area contributed by atoms with E-state index in [2.05, 4.69) is 10.5 Å². The van der Waals surface area contributed by atoms with Crippen LogP contribution >= 0.6 is 0 Å². The fourth-order valence-electron chi connectivity index (χ4n) is 1.90. The van der Waals surface area contributed by atoms with Crippen LogP contribution in [0.3, 0.4) is 0 Å². The Morgan fingerprint density at radius 3 is 2.72 bits per heavy atom. The summed E-state index contributed by atoms with van der Waals surface area (Å²) >= 11 is 0. The van der Waals surface area contributed by atoms with Gasteiger partial charge >= 0.3 is 5.69 Å². The molecular formula is C15H16N4O6. The van der Waals surface area contributed by atoms with Crippen LogP contribution in [0, 0.1) is 20.2 Å². The van der Waals surface area contributed by atoms with Gasteiger partial charge in [-0.15, -0.1) is 0 Å². The van der Waals surface area contributed by atoms with Crippen LogP contribution in [0.1, 0.15) is 24.9 Å². The summed E-state index contributed by atoms with van der Waals surface area (Å²) in [6.45, 7) is 2.99. The molecule has 0 amide bonds. The van der Waals surface area contributed by atoms with Gasteiger partial charge in [0.25, 0.3) is 5.69 Å². The van der Waals surface area contributed by atoms with Crippen molar-refractivity contribution in [1.82, 2.24) is 0 Å². The highest BCUT2D eigenvalue weighted by atomic mass is 16.6. The van der Waals surface area contributed by atoms with Crippen LogP contribution in [0.5, 0.6) is 0 Å². The lowest BCUT2D eigenvalue weighted by Gasteiger charge is -2.01. The lowest BCUT2D eigenvalue weighted by molar-refractivity contribution is -0.393. The zero-order valence-corrected chi connectivity index (χ0v) is 13.4. The molecule has 0 atom stereocenters. The van der Waals surface area contributed by atoms with Gasteiger partial charge < -0.3 is 9.15 Å². The van der Waals surface area contributed by atoms with Gasteiger partial charge in [-0.1, -0.05) is 6.92 Å². The topological polar surface area (TPSA) is 133 Å². The first kappa shape index (κ1) is 18.1. The Hall–Kier alpha value is -3.27. The smallest absolute Gasteiger partial charge is 0.301 e. The number of rotatable bonds is 9. The maximum atomic E-state index is 11.0. The normalized spacial score (nSPS) is 10.9. The molecule has 1 N–H and O–H groups in total. The molecule has 0 aliphatic carbocycles. The van der Waals surface area contributed by atoms with E-state index >= 15 is 0 Å². The van der Waals surface area contributed by atoms with Crippen LogP contribution in [0.2, 0.25) is 0 Å². The second-order valence-electron chi connectivity index (χ2n) is 4.94. The Labute approximate surface area is 142 Å². The minimum absolute atomic E-state index is 0.0323. The van der Waals surface area contributed by atoms with E-state index in [9.17, 15) is 20.2 Å². The fourth-order valence-corrected chi connectivity index (χ4v) is 1.90. The number of hydrazone groups is 1. The summed E-state index contributed by atoms with van der Waals surface area (Å²) in [6.07, 6.45) is 2.25. The van der Waals surface area contributed by atoms with Crippen molar-refractivity contribution in [2.75, 3.05) is 12.0 Å². The van der Waals surface area contributed by atoms with E-state index in [-0.39, 0.29) is 11.4 Å². The summed E-state index contributed by atoms with van der Waals surface area (Å²) in [5.41, 5.74) is 1.70. The van der Waals surface area contributed by atoms with E-state index in [1.54, 1.807) is 12.1 Å². The first-order chi connectivity index (χ1) is 12.0. The van der Waals surface area contributed by atoms with Gasteiger partial charge in [-0.25, -0.2) is 0 Å². The highest BCUT2D eigenvalue weighted by Crippen LogP contribution is 2.28. The summed E-state index contributed by atoms with van der Waals surface area (Å²) < 4.78 is 10.8. The Morgan fingerprint density at radius 2 is 2.04 bits per heavy atom. The molecule has 0 saturated carbocycles. The van der Waals surface area contributed by atoms with E-state index in [0.29, 0.717) is 24.7 Å². The third kappa shape index (κ3) is 5.11. The Kier molecular flexibility index (Phi) is 6.18. The summed E-state index contributed by atoms with van der Waals surface area (Å²) in [5.74, 6) is 1.07. The molecule has 132 valence electrons. The number of anilines is 1. The monoisotopic (exact) mass is 348 g/mol. The highest BCUT2D eigenvalue weighted by molar-refractivity contribution is 5.77. The molecule has 10 nitrogen and oxygen atoms in total. The van der Waals surface area contributed by atoms with Crippen molar-refractivity contribution in [3.8, 4) is 0 Å². The Balaban J connectivity index is 2.04. The number of nitrogens with one attached hydrogen (secondary N) is 1. The third-order valence-electron chi connectivity index (χ3n) is 3.04. The molecule has 1 heterocycles. The number of furan rings is 1. The number of non-ortho nitro benzene ring substituents is 1. The second-order valence-corrected chi connectivity index (χ2v) is 4.94. The van der Waals surface area contributed by atoms with Gasteiger partial charge in [0.05, 0.1) is 22.1 Å². The molecule has 0 aliphatic heterocycles. The van der Waals surface area contributed by atoms with Crippen molar-refractivity contribution in [1.29, 1.82) is 0 Å². The molecule has 0 bridgehead atoms. The van der Waals surface area contributed by atoms with Gasteiger partial charge in [-0.3, -0.25) is 25.7 Å². The molecule has 2 aromatic rings. The number of ether oxygens (including phenoxy) is 1. The molecule has 0 fully saturated rings. The standard InChI is InChI=1S/C15H16N4O6/c1-2-7-24-10-13-5-4-12(25-13)9-16-17-14-6-3-11(18(20)21)8-15(14)19(22)23/h3-6,8-9,17H,2,7,10H2,1H3. The van der Waals surface area contributed by atoms with Crippen molar-refractivity contribution in [3.05, 3.63) is 62.1 Å². The molecule has 2 rings (SSSR count). The van der Waals surface area contributed by atoms with E-state index in [0.717, 1.165) is 18.6 Å². The van der Waals surface area contributed by atoms with E-state index in [4.69, 9.17) is 9.15 Å². The quantitative estimate of drug-likeness (QED) is 0.317. The molecule has 1 aromatic heterocycles. The molecule has 25 heavy (non-hydrogen) atoms. The molecule has 1 aromatic carbocycles. The molecule has 0 saturated heterocycles. The maximum absolute atomic E-state index is 11.0. The van der Waals surface area contributed by atoms with Gasteiger partial charge in [0.2, 0.25) is 0 Å². The number of nitro groups is 2. The molecule has 10 heteroatoms. The lowest BCUT2D eigenvalue weighted by Crippen LogP contribution is -1.98. The number of nitrogens with zero attached hydrogens (tertiary/aromatic N) is 3. The predicted molar refractivity (Wildman–Crippen MR) is 89.6 cm³/mol. The second kappa shape index (κ2) is 8.55. The fraction of sp³-hybridized carbons (Fsp3) is 0.267. The van der Waals surface area contributed by atoms with Crippen LogP contribution in [0.15, 0.2) is 39.9 Å². The first-order valence-electron chi connectivity index (χ1n) is 7.39. The van der Waals surface area contributed by atoms with Crippen LogP contribution < -0.4 is 5.43 Å². The number of hydrogen-bond acceptors (Lipinski definition) is 8. The van der Waals surface area contributed by atoms with Crippen molar-refractivity contribution in [2.45, 2.75) is 20.0 Å². The van der Waals surface area contributed by atoms with E-state index < -0.39 is 15.5 Å². The lowest BCUT2D eigenvalue weighted by atomic mass is 10.2. The molecule has 0 unspecified atom stereocenters. The van der Waals surface area contributed by atoms with Gasteiger partial charge in [0.1, 0.15) is 23.8 Å². The molecule has 0 radical (unpaired) electrons. The van der Waals surface area contributed by atoms with E-state index in [1.807, 2.05) is 6.92 Å². The van der Waals surface area contributed by atoms with Crippen molar-refractivity contribution < 1.29 is 19.0 Å². The Bertz CT molecular complexity index is 786. The van der Waals surface area contributed by atoms with Gasteiger partial charge in [0.15, 0.2) is 0 Å². The number of nitro benzene ring substituents is 2. The van der Waals surface area contributed by atoms with Gasteiger partial charge in [0, 0.05) is 12.7 Å². The molecule has 0 spiro atoms. The van der Waals surface area contributed by atoms with Crippen LogP contribution in [0.4, 0.5) is 17.1 Å². The number of benzene rings is 1. The SMILES string of the molecule is CCCOCc1ccc(C=NNc2ccc([N+](=O)[O-])cc2[N+](=O)[O-])o1.